The maximum atomic E-state index is 11.2. The second-order valence-electron chi connectivity index (χ2n) is 2.47. The van der Waals surface area contributed by atoms with Gasteiger partial charge in [0.1, 0.15) is 12.3 Å². The van der Waals surface area contributed by atoms with Crippen LogP contribution in [-0.4, -0.2) is 36.9 Å². The molecule has 0 saturated carbocycles. The molecule has 6 heteroatoms. The first-order valence-electron chi connectivity index (χ1n) is 4.05. The number of methoxy groups -OCH3 is 1. The summed E-state index contributed by atoms with van der Waals surface area (Å²) in [6.45, 7) is 0. The molecule has 0 radical (unpaired) electrons. The highest BCUT2D eigenvalue weighted by Gasteiger charge is 2.17. The Morgan fingerprint density at radius 3 is 3.14 bits per heavy atom. The molecule has 1 atom stereocenters. The zero-order valence-electron chi connectivity index (χ0n) is 8.02. The zero-order valence-corrected chi connectivity index (χ0v) is 8.84. The number of oxazole rings is 1. The van der Waals surface area contributed by atoms with Crippen LogP contribution in [0, 0.1) is 0 Å². The van der Waals surface area contributed by atoms with Gasteiger partial charge < -0.3 is 14.5 Å². The van der Waals surface area contributed by atoms with Crippen LogP contribution < -0.4 is 5.32 Å². The van der Waals surface area contributed by atoms with Crippen LogP contribution >= 0.6 is 11.8 Å². The number of carbonyl (C=O) groups is 1. The van der Waals surface area contributed by atoms with Gasteiger partial charge in [0.05, 0.1) is 13.3 Å². The fourth-order valence-corrected chi connectivity index (χ4v) is 1.72. The van der Waals surface area contributed by atoms with Crippen molar-refractivity contribution in [2.75, 3.05) is 19.9 Å². The minimum Gasteiger partial charge on any atom is -0.468 e. The molecule has 1 rings (SSSR count). The first-order chi connectivity index (χ1) is 6.77. The molecule has 0 saturated heterocycles. The van der Waals surface area contributed by atoms with Crippen molar-refractivity contribution in [2.45, 2.75) is 11.3 Å². The van der Waals surface area contributed by atoms with Crippen molar-refractivity contribution in [3.63, 3.8) is 0 Å². The normalized spacial score (nSPS) is 12.4. The number of ether oxygens (including phenoxy) is 1. The number of hydrogen-bond acceptors (Lipinski definition) is 6. The first kappa shape index (κ1) is 11.1. The van der Waals surface area contributed by atoms with E-state index in [1.807, 2.05) is 0 Å². The summed E-state index contributed by atoms with van der Waals surface area (Å²) < 4.78 is 9.62. The van der Waals surface area contributed by atoms with Crippen LogP contribution in [0.5, 0.6) is 0 Å². The predicted octanol–water partition coefficient (Wildman–Crippen LogP) is 0.528. The third-order valence-corrected chi connectivity index (χ3v) is 2.57. The molecule has 1 aromatic rings. The molecule has 0 aliphatic rings. The third-order valence-electron chi connectivity index (χ3n) is 1.62. The molecule has 1 aromatic heterocycles. The van der Waals surface area contributed by atoms with E-state index in [1.165, 1.54) is 25.1 Å². The smallest absolute Gasteiger partial charge is 0.323 e. The van der Waals surface area contributed by atoms with Crippen molar-refractivity contribution in [1.29, 1.82) is 0 Å². The maximum Gasteiger partial charge on any atom is 0.323 e. The van der Waals surface area contributed by atoms with E-state index in [-0.39, 0.29) is 12.0 Å². The average molecular weight is 216 g/mol. The Morgan fingerprint density at radius 2 is 2.64 bits per heavy atom. The predicted molar refractivity (Wildman–Crippen MR) is 52.1 cm³/mol. The summed E-state index contributed by atoms with van der Waals surface area (Å²) in [5.41, 5.74) is 0. The summed E-state index contributed by atoms with van der Waals surface area (Å²) in [6.07, 6.45) is 3.06. The highest BCUT2D eigenvalue weighted by atomic mass is 32.2. The van der Waals surface area contributed by atoms with Crippen LogP contribution in [0.2, 0.25) is 0 Å². The monoisotopic (exact) mass is 216 g/mol. The number of likely N-dealkylation sites (N-methyl/N-ethyl adjacent to an activating group) is 1. The molecule has 0 bridgehead atoms. The van der Waals surface area contributed by atoms with E-state index in [0.29, 0.717) is 11.0 Å². The second-order valence-corrected chi connectivity index (χ2v) is 3.44. The van der Waals surface area contributed by atoms with Crippen molar-refractivity contribution >= 4 is 17.7 Å². The molecule has 0 aliphatic carbocycles. The lowest BCUT2D eigenvalue weighted by Gasteiger charge is -2.11. The lowest BCUT2D eigenvalue weighted by atomic mass is 10.3. The Labute approximate surface area is 86.2 Å². The van der Waals surface area contributed by atoms with Gasteiger partial charge >= 0.3 is 5.97 Å². The molecule has 1 N–H and O–H groups in total. The van der Waals surface area contributed by atoms with Crippen LogP contribution in [-0.2, 0) is 9.53 Å². The third kappa shape index (κ3) is 3.04. The van der Waals surface area contributed by atoms with Gasteiger partial charge in [-0.2, -0.15) is 0 Å². The number of hydrogen-bond donors (Lipinski definition) is 1. The fraction of sp³-hybridized carbons (Fsp3) is 0.500. The molecule has 78 valence electrons. The van der Waals surface area contributed by atoms with Crippen molar-refractivity contribution in [2.24, 2.45) is 0 Å². The summed E-state index contributed by atoms with van der Waals surface area (Å²) in [5, 5.41) is 3.40. The molecular weight excluding hydrogens is 204 g/mol. The number of aromatic nitrogens is 1. The Bertz CT molecular complexity index is 276. The molecular formula is C8H12N2O3S. The summed E-state index contributed by atoms with van der Waals surface area (Å²) >= 11 is 1.36. The number of thioether (sulfide) groups is 1. The molecule has 14 heavy (non-hydrogen) atoms. The highest BCUT2D eigenvalue weighted by molar-refractivity contribution is 7.99. The van der Waals surface area contributed by atoms with E-state index < -0.39 is 0 Å². The largest absolute Gasteiger partial charge is 0.468 e. The number of rotatable bonds is 5. The van der Waals surface area contributed by atoms with E-state index >= 15 is 0 Å². The Morgan fingerprint density at radius 1 is 1.86 bits per heavy atom. The van der Waals surface area contributed by atoms with E-state index in [0.717, 1.165) is 0 Å². The summed E-state index contributed by atoms with van der Waals surface area (Å²) in [7, 11) is 3.07. The first-order valence-corrected chi connectivity index (χ1v) is 5.04. The van der Waals surface area contributed by atoms with Crippen LogP contribution in [0.4, 0.5) is 0 Å². The van der Waals surface area contributed by atoms with Crippen molar-refractivity contribution in [1.82, 2.24) is 10.3 Å². The van der Waals surface area contributed by atoms with Gasteiger partial charge in [0.2, 0.25) is 0 Å². The van der Waals surface area contributed by atoms with Crippen molar-refractivity contribution in [3.8, 4) is 0 Å². The van der Waals surface area contributed by atoms with Gasteiger partial charge in [0, 0.05) is 5.75 Å². The SMILES string of the molecule is CNC(CSc1ncco1)C(=O)OC. The van der Waals surface area contributed by atoms with Gasteiger partial charge in [0.15, 0.2) is 0 Å². The van der Waals surface area contributed by atoms with E-state index in [2.05, 4.69) is 15.0 Å². The average Bonchev–Trinajstić information content (AvgIpc) is 2.71. The maximum absolute atomic E-state index is 11.2. The van der Waals surface area contributed by atoms with E-state index in [9.17, 15) is 4.79 Å². The van der Waals surface area contributed by atoms with Crippen LogP contribution in [0.15, 0.2) is 22.1 Å². The van der Waals surface area contributed by atoms with Gasteiger partial charge in [-0.05, 0) is 7.05 Å². The van der Waals surface area contributed by atoms with Crippen molar-refractivity contribution in [3.05, 3.63) is 12.5 Å². The van der Waals surface area contributed by atoms with Gasteiger partial charge in [-0.1, -0.05) is 11.8 Å². The van der Waals surface area contributed by atoms with Gasteiger partial charge in [-0.25, -0.2) is 4.98 Å². The molecule has 0 fully saturated rings. The summed E-state index contributed by atoms with van der Waals surface area (Å²) in [5.74, 6) is 0.246. The number of nitrogens with zero attached hydrogens (tertiary/aromatic N) is 1. The Kier molecular flexibility index (Phi) is 4.48. The van der Waals surface area contributed by atoms with Crippen molar-refractivity contribution < 1.29 is 13.9 Å². The van der Waals surface area contributed by atoms with E-state index in [1.54, 1.807) is 13.2 Å². The minimum atomic E-state index is -0.336. The van der Waals surface area contributed by atoms with Gasteiger partial charge in [-0.15, -0.1) is 0 Å². The van der Waals surface area contributed by atoms with Gasteiger partial charge in [0.25, 0.3) is 5.22 Å². The molecule has 0 aliphatic heterocycles. The number of esters is 1. The molecule has 0 amide bonds. The summed E-state index contributed by atoms with van der Waals surface area (Å²) in [4.78, 5) is 15.1. The standard InChI is InChI=1S/C8H12N2O3S/c1-9-6(7(11)12-2)5-14-8-10-3-4-13-8/h3-4,6,9H,5H2,1-2H3. The Balaban J connectivity index is 2.38. The van der Waals surface area contributed by atoms with Crippen LogP contribution in [0.1, 0.15) is 0 Å². The molecule has 1 heterocycles. The molecule has 5 nitrogen and oxygen atoms in total. The quantitative estimate of drug-likeness (QED) is 0.572. The lowest BCUT2D eigenvalue weighted by molar-refractivity contribution is -0.142. The molecule has 0 aromatic carbocycles. The fourth-order valence-electron chi connectivity index (χ4n) is 0.848. The van der Waals surface area contributed by atoms with Gasteiger partial charge in [-0.3, -0.25) is 4.79 Å². The van der Waals surface area contributed by atoms with Crippen LogP contribution in [0.25, 0.3) is 0 Å². The molecule has 0 spiro atoms. The number of nitrogens with one attached hydrogen (secondary N) is 1. The lowest BCUT2D eigenvalue weighted by Crippen LogP contribution is -2.37. The topological polar surface area (TPSA) is 64.4 Å². The Hall–Kier alpha value is -1.01. The zero-order chi connectivity index (χ0) is 10.4. The highest BCUT2D eigenvalue weighted by Crippen LogP contribution is 2.15. The molecule has 1 unspecified atom stereocenters. The second kappa shape index (κ2) is 5.66. The van der Waals surface area contributed by atoms with E-state index in [4.69, 9.17) is 4.42 Å². The summed E-state index contributed by atoms with van der Waals surface area (Å²) in [6, 6.07) is -0.336. The minimum absolute atomic E-state index is 0.286. The van der Waals surface area contributed by atoms with Crippen LogP contribution in [0.3, 0.4) is 0 Å². The number of carbonyl (C=O) groups excluding carboxylic acids is 1.